The molecule has 0 aliphatic rings. The number of anilines is 1. The Bertz CT molecular complexity index is 964. The molecule has 0 aliphatic carbocycles. The first-order valence-corrected chi connectivity index (χ1v) is 9.01. The highest BCUT2D eigenvalue weighted by Gasteiger charge is 2.17. The third-order valence-electron chi connectivity index (χ3n) is 4.25. The van der Waals surface area contributed by atoms with Crippen LogP contribution >= 0.6 is 0 Å². The van der Waals surface area contributed by atoms with E-state index in [9.17, 15) is 4.79 Å². The van der Waals surface area contributed by atoms with Crippen molar-refractivity contribution in [1.82, 2.24) is 19.3 Å². The van der Waals surface area contributed by atoms with Gasteiger partial charge >= 0.3 is 0 Å². The fourth-order valence-corrected chi connectivity index (χ4v) is 3.00. The Morgan fingerprint density at radius 2 is 2.00 bits per heavy atom. The number of allylic oxidation sites excluding steroid dienone is 2. The van der Waals surface area contributed by atoms with Gasteiger partial charge in [-0.15, -0.1) is 0 Å². The summed E-state index contributed by atoms with van der Waals surface area (Å²) in [6.07, 6.45) is 5.18. The molecule has 3 rings (SSSR count). The van der Waals surface area contributed by atoms with Crippen molar-refractivity contribution in [2.24, 2.45) is 0 Å². The third kappa shape index (κ3) is 3.54. The number of hydrogen-bond acceptors (Lipinski definition) is 3. The van der Waals surface area contributed by atoms with E-state index in [1.165, 1.54) is 0 Å². The number of aryl methyl sites for hydroxylation is 3. The highest BCUT2D eigenvalue weighted by atomic mass is 16.2. The second-order valence-electron chi connectivity index (χ2n) is 6.36. The van der Waals surface area contributed by atoms with E-state index in [-0.39, 0.29) is 5.91 Å². The number of nitrogens with one attached hydrogen (secondary N) is 1. The zero-order chi connectivity index (χ0) is 18.7. The average Bonchev–Trinajstić information content (AvgIpc) is 3.15. The van der Waals surface area contributed by atoms with Crippen LogP contribution in [-0.2, 0) is 13.1 Å². The SMILES string of the molecule is CC/C=C/Cn1c(NC(=O)c2cc(C)nn2CC)nc2cc(C)ccc21. The number of rotatable bonds is 6. The summed E-state index contributed by atoms with van der Waals surface area (Å²) in [5.74, 6) is 0.359. The molecule has 136 valence electrons. The molecule has 6 nitrogen and oxygen atoms in total. The van der Waals surface area contributed by atoms with Gasteiger partial charge in [0.15, 0.2) is 0 Å². The Morgan fingerprint density at radius 1 is 1.19 bits per heavy atom. The Hall–Kier alpha value is -2.89. The summed E-state index contributed by atoms with van der Waals surface area (Å²) in [4.78, 5) is 17.4. The van der Waals surface area contributed by atoms with Crippen molar-refractivity contribution in [3.8, 4) is 0 Å². The number of nitrogens with zero attached hydrogens (tertiary/aromatic N) is 4. The number of carbonyl (C=O) groups is 1. The van der Waals surface area contributed by atoms with E-state index in [2.05, 4.69) is 40.5 Å². The monoisotopic (exact) mass is 351 g/mol. The maximum absolute atomic E-state index is 12.8. The zero-order valence-electron chi connectivity index (χ0n) is 15.8. The second-order valence-corrected chi connectivity index (χ2v) is 6.36. The van der Waals surface area contributed by atoms with Gasteiger partial charge < -0.3 is 4.57 Å². The summed E-state index contributed by atoms with van der Waals surface area (Å²) < 4.78 is 3.73. The average molecular weight is 351 g/mol. The summed E-state index contributed by atoms with van der Waals surface area (Å²) >= 11 is 0. The zero-order valence-corrected chi connectivity index (χ0v) is 15.8. The molecule has 0 saturated heterocycles. The molecule has 2 aromatic heterocycles. The van der Waals surface area contributed by atoms with E-state index in [0.29, 0.717) is 24.7 Å². The standard InChI is InChI=1S/C20H25N5O/c1-5-7-8-11-24-17-10-9-14(3)12-16(17)21-20(24)22-19(26)18-13-15(4)23-25(18)6-2/h7-10,12-13H,5-6,11H2,1-4H3,(H,21,22,26)/b8-7+. The molecule has 26 heavy (non-hydrogen) atoms. The van der Waals surface area contributed by atoms with Crippen molar-refractivity contribution in [3.63, 3.8) is 0 Å². The fraction of sp³-hybridized carbons (Fsp3) is 0.350. The lowest BCUT2D eigenvalue weighted by atomic mass is 10.2. The lowest BCUT2D eigenvalue weighted by Crippen LogP contribution is -2.19. The first-order valence-electron chi connectivity index (χ1n) is 9.01. The number of benzene rings is 1. The molecule has 1 amide bonds. The molecule has 1 aromatic carbocycles. The first-order chi connectivity index (χ1) is 12.5. The molecule has 0 unspecified atom stereocenters. The molecular formula is C20H25N5O. The lowest BCUT2D eigenvalue weighted by Gasteiger charge is -2.09. The van der Waals surface area contributed by atoms with Crippen LogP contribution in [0.25, 0.3) is 11.0 Å². The first kappa shape index (κ1) is 17.9. The third-order valence-corrected chi connectivity index (χ3v) is 4.25. The molecule has 3 aromatic rings. The van der Waals surface area contributed by atoms with E-state index in [1.54, 1.807) is 10.7 Å². The molecular weight excluding hydrogens is 326 g/mol. The topological polar surface area (TPSA) is 64.7 Å². The summed E-state index contributed by atoms with van der Waals surface area (Å²) in [6, 6.07) is 7.94. The molecule has 0 fully saturated rings. The Morgan fingerprint density at radius 3 is 2.73 bits per heavy atom. The molecule has 6 heteroatoms. The minimum Gasteiger partial charge on any atom is -0.306 e. The van der Waals surface area contributed by atoms with Crippen LogP contribution in [0, 0.1) is 13.8 Å². The Kier molecular flexibility index (Phi) is 5.21. The minimum absolute atomic E-state index is 0.194. The van der Waals surface area contributed by atoms with Crippen molar-refractivity contribution in [3.05, 3.63) is 53.4 Å². The van der Waals surface area contributed by atoms with E-state index in [4.69, 9.17) is 0 Å². The maximum atomic E-state index is 12.8. The van der Waals surface area contributed by atoms with Crippen molar-refractivity contribution >= 4 is 22.9 Å². The molecule has 0 atom stereocenters. The number of carbonyl (C=O) groups excluding carboxylic acids is 1. The van der Waals surface area contributed by atoms with Gasteiger partial charge in [-0.05, 0) is 51.0 Å². The molecule has 1 N–H and O–H groups in total. The van der Waals surface area contributed by atoms with Gasteiger partial charge in [-0.2, -0.15) is 5.10 Å². The van der Waals surface area contributed by atoms with Crippen LogP contribution in [0.2, 0.25) is 0 Å². The van der Waals surface area contributed by atoms with E-state index >= 15 is 0 Å². The van der Waals surface area contributed by atoms with Gasteiger partial charge in [-0.1, -0.05) is 25.1 Å². The largest absolute Gasteiger partial charge is 0.306 e. The number of imidazole rings is 1. The predicted molar refractivity (Wildman–Crippen MR) is 104 cm³/mol. The van der Waals surface area contributed by atoms with Gasteiger partial charge in [-0.25, -0.2) is 4.98 Å². The number of hydrogen-bond donors (Lipinski definition) is 1. The maximum Gasteiger partial charge on any atom is 0.276 e. The van der Waals surface area contributed by atoms with E-state index in [1.807, 2.05) is 37.5 Å². The lowest BCUT2D eigenvalue weighted by molar-refractivity contribution is 0.101. The number of aromatic nitrogens is 4. The van der Waals surface area contributed by atoms with Crippen molar-refractivity contribution < 1.29 is 4.79 Å². The molecule has 0 bridgehead atoms. The van der Waals surface area contributed by atoms with Crippen LogP contribution in [0.5, 0.6) is 0 Å². The Labute approximate surface area is 153 Å². The summed E-state index contributed by atoms with van der Waals surface area (Å²) in [5, 5.41) is 7.32. The van der Waals surface area contributed by atoms with Crippen LogP contribution in [0.15, 0.2) is 36.4 Å². The summed E-state index contributed by atoms with van der Waals surface area (Å²) in [7, 11) is 0. The highest BCUT2D eigenvalue weighted by Crippen LogP contribution is 2.22. The van der Waals surface area contributed by atoms with Crippen molar-refractivity contribution in [1.29, 1.82) is 0 Å². The molecule has 0 saturated carbocycles. The highest BCUT2D eigenvalue weighted by molar-refractivity contribution is 6.03. The van der Waals surface area contributed by atoms with Crippen LogP contribution in [0.3, 0.4) is 0 Å². The summed E-state index contributed by atoms with van der Waals surface area (Å²) in [6.45, 7) is 9.30. The number of fused-ring (bicyclic) bond motifs is 1. The van der Waals surface area contributed by atoms with Gasteiger partial charge in [0.2, 0.25) is 5.95 Å². The Balaban J connectivity index is 1.98. The van der Waals surface area contributed by atoms with Crippen molar-refractivity contribution in [2.75, 3.05) is 5.32 Å². The molecule has 0 radical (unpaired) electrons. The van der Waals surface area contributed by atoms with E-state index < -0.39 is 0 Å². The van der Waals surface area contributed by atoms with E-state index in [0.717, 1.165) is 28.7 Å². The van der Waals surface area contributed by atoms with Gasteiger partial charge in [0.1, 0.15) is 5.69 Å². The molecule has 2 heterocycles. The predicted octanol–water partition coefficient (Wildman–Crippen LogP) is 4.09. The molecule has 0 spiro atoms. The van der Waals surface area contributed by atoms with Crippen LogP contribution in [-0.4, -0.2) is 25.2 Å². The van der Waals surface area contributed by atoms with Gasteiger partial charge in [0.05, 0.1) is 16.7 Å². The van der Waals surface area contributed by atoms with Crippen LogP contribution in [0.1, 0.15) is 42.0 Å². The van der Waals surface area contributed by atoms with Gasteiger partial charge in [-0.3, -0.25) is 14.8 Å². The fourth-order valence-electron chi connectivity index (χ4n) is 3.00. The normalized spacial score (nSPS) is 11.5. The second kappa shape index (κ2) is 7.56. The van der Waals surface area contributed by atoms with Crippen molar-refractivity contribution in [2.45, 2.75) is 47.2 Å². The van der Waals surface area contributed by atoms with Gasteiger partial charge in [0, 0.05) is 13.1 Å². The van der Waals surface area contributed by atoms with Crippen LogP contribution < -0.4 is 5.32 Å². The quantitative estimate of drug-likeness (QED) is 0.680. The van der Waals surface area contributed by atoms with Crippen LogP contribution in [0.4, 0.5) is 5.95 Å². The summed E-state index contributed by atoms with van der Waals surface area (Å²) in [5.41, 5.74) is 4.40. The molecule has 0 aliphatic heterocycles. The number of amides is 1. The smallest absolute Gasteiger partial charge is 0.276 e. The minimum atomic E-state index is -0.194. The van der Waals surface area contributed by atoms with Gasteiger partial charge in [0.25, 0.3) is 5.91 Å².